The second-order valence-electron chi connectivity index (χ2n) is 4.62. The number of aliphatic hydroxyl groups is 1. The highest BCUT2D eigenvalue weighted by molar-refractivity contribution is 6.34. The highest BCUT2D eigenvalue weighted by atomic mass is 35.5. The Morgan fingerprint density at radius 1 is 1.42 bits per heavy atom. The van der Waals surface area contributed by atoms with Gasteiger partial charge in [0, 0.05) is 24.7 Å². The molecule has 1 aromatic carbocycles. The topological polar surface area (TPSA) is 38.7 Å². The van der Waals surface area contributed by atoms with Gasteiger partial charge in [0.25, 0.3) is 0 Å². The summed E-state index contributed by atoms with van der Waals surface area (Å²) >= 11 is 12.3. The van der Waals surface area contributed by atoms with Crippen LogP contribution in [-0.4, -0.2) is 24.4 Å². The molecule has 2 unspecified atom stereocenters. The summed E-state index contributed by atoms with van der Waals surface area (Å²) < 4.78 is 10.9. The van der Waals surface area contributed by atoms with Crippen LogP contribution >= 0.6 is 23.2 Å². The maximum atomic E-state index is 10.2. The number of benzene rings is 1. The minimum absolute atomic E-state index is 0.108. The Labute approximate surface area is 123 Å². The van der Waals surface area contributed by atoms with Gasteiger partial charge in [-0.05, 0) is 25.8 Å². The van der Waals surface area contributed by atoms with Gasteiger partial charge in [-0.2, -0.15) is 0 Å². The summed E-state index contributed by atoms with van der Waals surface area (Å²) in [6.45, 7) is 3.17. The summed E-state index contributed by atoms with van der Waals surface area (Å²) in [5, 5.41) is 11.2. The van der Waals surface area contributed by atoms with E-state index >= 15 is 0 Å². The predicted octanol–water partition coefficient (Wildman–Crippen LogP) is 3.99. The van der Waals surface area contributed by atoms with Gasteiger partial charge in [0.2, 0.25) is 0 Å². The van der Waals surface area contributed by atoms with Gasteiger partial charge in [0.15, 0.2) is 0 Å². The maximum absolute atomic E-state index is 10.2. The average Bonchev–Trinajstić information content (AvgIpc) is 2.86. The molecule has 0 bridgehead atoms. The summed E-state index contributed by atoms with van der Waals surface area (Å²) in [6.07, 6.45) is 2.03. The van der Waals surface area contributed by atoms with Crippen LogP contribution in [0.15, 0.2) is 12.1 Å². The Hall–Kier alpha value is -0.480. The number of rotatable bonds is 5. The molecular formula is C14H18Cl2O3. The lowest BCUT2D eigenvalue weighted by atomic mass is 10.0. The van der Waals surface area contributed by atoms with E-state index in [0.717, 1.165) is 19.4 Å². The van der Waals surface area contributed by atoms with Crippen LogP contribution < -0.4 is 4.74 Å². The normalized spacial score (nSPS) is 20.5. The zero-order valence-electron chi connectivity index (χ0n) is 10.9. The molecule has 1 aliphatic rings. The highest BCUT2D eigenvalue weighted by Crippen LogP contribution is 2.36. The summed E-state index contributed by atoms with van der Waals surface area (Å²) in [4.78, 5) is 0. The van der Waals surface area contributed by atoms with Crippen LogP contribution in [0.3, 0.4) is 0 Å². The standard InChI is InChI=1S/C14H18Cl2O3/c1-2-18-14-8-11(15)10(7-12(14)16)13(17)6-9-4-3-5-19-9/h7-9,13,17H,2-6H2,1H3. The lowest BCUT2D eigenvalue weighted by Gasteiger charge is -2.18. The van der Waals surface area contributed by atoms with Crippen molar-refractivity contribution in [1.82, 2.24) is 0 Å². The molecule has 1 N–H and O–H groups in total. The van der Waals surface area contributed by atoms with E-state index in [1.807, 2.05) is 6.92 Å². The van der Waals surface area contributed by atoms with E-state index in [-0.39, 0.29) is 6.10 Å². The van der Waals surface area contributed by atoms with E-state index < -0.39 is 6.10 Å². The van der Waals surface area contributed by atoms with Gasteiger partial charge < -0.3 is 14.6 Å². The first kappa shape index (κ1) is 14.9. The number of ether oxygens (including phenoxy) is 2. The van der Waals surface area contributed by atoms with E-state index in [9.17, 15) is 5.11 Å². The smallest absolute Gasteiger partial charge is 0.139 e. The molecule has 0 spiro atoms. The van der Waals surface area contributed by atoms with Gasteiger partial charge >= 0.3 is 0 Å². The lowest BCUT2D eigenvalue weighted by Crippen LogP contribution is -2.11. The zero-order chi connectivity index (χ0) is 13.8. The van der Waals surface area contributed by atoms with Crippen LogP contribution in [0.2, 0.25) is 10.0 Å². The zero-order valence-corrected chi connectivity index (χ0v) is 12.4. The third-order valence-electron chi connectivity index (χ3n) is 3.22. The Morgan fingerprint density at radius 2 is 2.21 bits per heavy atom. The van der Waals surface area contributed by atoms with Crippen molar-refractivity contribution in [3.05, 3.63) is 27.7 Å². The van der Waals surface area contributed by atoms with E-state index in [1.54, 1.807) is 12.1 Å². The van der Waals surface area contributed by atoms with Crippen molar-refractivity contribution in [2.45, 2.75) is 38.4 Å². The minimum Gasteiger partial charge on any atom is -0.492 e. The third-order valence-corrected chi connectivity index (χ3v) is 3.84. The SMILES string of the molecule is CCOc1cc(Cl)c(C(O)CC2CCCO2)cc1Cl. The molecule has 2 atom stereocenters. The fraction of sp³-hybridized carbons (Fsp3) is 0.571. The Balaban J connectivity index is 2.12. The van der Waals surface area contributed by atoms with Gasteiger partial charge in [0.05, 0.1) is 28.9 Å². The molecule has 2 rings (SSSR count). The maximum Gasteiger partial charge on any atom is 0.139 e. The fourth-order valence-electron chi connectivity index (χ4n) is 2.27. The molecule has 0 radical (unpaired) electrons. The van der Waals surface area contributed by atoms with E-state index in [0.29, 0.717) is 34.4 Å². The highest BCUT2D eigenvalue weighted by Gasteiger charge is 2.22. The molecule has 1 fully saturated rings. The first-order chi connectivity index (χ1) is 9.11. The number of aliphatic hydroxyl groups excluding tert-OH is 1. The Bertz CT molecular complexity index is 431. The number of halogens is 2. The molecule has 0 aliphatic carbocycles. The van der Waals surface area contributed by atoms with Crippen molar-refractivity contribution < 1.29 is 14.6 Å². The van der Waals surface area contributed by atoms with Crippen molar-refractivity contribution in [3.63, 3.8) is 0 Å². The molecule has 5 heteroatoms. The van der Waals surface area contributed by atoms with Gasteiger partial charge in [-0.25, -0.2) is 0 Å². The van der Waals surface area contributed by atoms with Crippen LogP contribution in [-0.2, 0) is 4.74 Å². The number of hydrogen-bond acceptors (Lipinski definition) is 3. The van der Waals surface area contributed by atoms with E-state index in [1.165, 1.54) is 0 Å². The van der Waals surface area contributed by atoms with Crippen LogP contribution in [0.4, 0.5) is 0 Å². The molecule has 1 aliphatic heterocycles. The summed E-state index contributed by atoms with van der Waals surface area (Å²) in [7, 11) is 0. The molecule has 0 saturated carbocycles. The molecule has 1 heterocycles. The predicted molar refractivity (Wildman–Crippen MR) is 76.2 cm³/mol. The molecule has 106 valence electrons. The van der Waals surface area contributed by atoms with E-state index in [4.69, 9.17) is 32.7 Å². The van der Waals surface area contributed by atoms with E-state index in [2.05, 4.69) is 0 Å². The Kier molecular flexibility index (Phi) is 5.34. The second kappa shape index (κ2) is 6.80. The van der Waals surface area contributed by atoms with Crippen molar-refractivity contribution >= 4 is 23.2 Å². The van der Waals surface area contributed by atoms with Crippen molar-refractivity contribution in [2.75, 3.05) is 13.2 Å². The molecular weight excluding hydrogens is 287 g/mol. The van der Waals surface area contributed by atoms with Gasteiger partial charge in [-0.15, -0.1) is 0 Å². The first-order valence-corrected chi connectivity index (χ1v) is 7.28. The van der Waals surface area contributed by atoms with Crippen molar-refractivity contribution in [3.8, 4) is 5.75 Å². The lowest BCUT2D eigenvalue weighted by molar-refractivity contribution is 0.0535. The molecule has 1 saturated heterocycles. The fourth-order valence-corrected chi connectivity index (χ4v) is 2.78. The monoisotopic (exact) mass is 304 g/mol. The quantitative estimate of drug-likeness (QED) is 0.894. The van der Waals surface area contributed by atoms with Crippen molar-refractivity contribution in [1.29, 1.82) is 0 Å². The molecule has 19 heavy (non-hydrogen) atoms. The minimum atomic E-state index is -0.663. The molecule has 0 aromatic heterocycles. The van der Waals surface area contributed by atoms with Crippen LogP contribution in [0, 0.1) is 0 Å². The summed E-state index contributed by atoms with van der Waals surface area (Å²) in [6, 6.07) is 3.33. The second-order valence-corrected chi connectivity index (χ2v) is 5.44. The van der Waals surface area contributed by atoms with Crippen molar-refractivity contribution in [2.24, 2.45) is 0 Å². The van der Waals surface area contributed by atoms with Gasteiger partial charge in [0.1, 0.15) is 5.75 Å². The van der Waals surface area contributed by atoms with Gasteiger partial charge in [-0.3, -0.25) is 0 Å². The number of hydrogen-bond donors (Lipinski definition) is 1. The largest absolute Gasteiger partial charge is 0.492 e. The van der Waals surface area contributed by atoms with Crippen LogP contribution in [0.1, 0.15) is 37.9 Å². The molecule has 1 aromatic rings. The first-order valence-electron chi connectivity index (χ1n) is 6.53. The van der Waals surface area contributed by atoms with Gasteiger partial charge in [-0.1, -0.05) is 23.2 Å². The molecule has 0 amide bonds. The Morgan fingerprint density at radius 3 is 2.84 bits per heavy atom. The van der Waals surface area contributed by atoms with Crippen LogP contribution in [0.5, 0.6) is 5.75 Å². The average molecular weight is 305 g/mol. The van der Waals surface area contributed by atoms with Crippen LogP contribution in [0.25, 0.3) is 0 Å². The molecule has 3 nitrogen and oxygen atoms in total. The third kappa shape index (κ3) is 3.76. The summed E-state index contributed by atoms with van der Waals surface area (Å²) in [5.74, 6) is 0.544. The summed E-state index contributed by atoms with van der Waals surface area (Å²) in [5.41, 5.74) is 0.630.